The molecule has 0 bridgehead atoms. The topological polar surface area (TPSA) is 163 Å². The Morgan fingerprint density at radius 3 is 1.23 bits per heavy atom. The molecule has 0 unspecified atom stereocenters. The summed E-state index contributed by atoms with van der Waals surface area (Å²) in [4.78, 5) is 40.9. The maximum atomic E-state index is 11.2. The summed E-state index contributed by atoms with van der Waals surface area (Å²) in [6, 6.07) is 0. The van der Waals surface area contributed by atoms with Crippen LogP contribution in [0.1, 0.15) is 0 Å². The van der Waals surface area contributed by atoms with Gasteiger partial charge in [-0.15, -0.1) is 0 Å². The van der Waals surface area contributed by atoms with Gasteiger partial charge < -0.3 is 26.4 Å². The standard InChI is InChI=1S/C17H34N6O6.Gd/c18-1-2-19-14-23-9-7-21(12-16(26)27)5-3-20(11-15(24)25)4-6-22(8-10-23)13-17(28)29;/h19H,1-14,18H2,(H,24,25)(H,26,27)(H,28,29);. The Hall–Kier alpha value is -0.505. The van der Waals surface area contributed by atoms with Gasteiger partial charge in [0.05, 0.1) is 19.6 Å². The number of rotatable bonds is 10. The van der Waals surface area contributed by atoms with Crippen molar-refractivity contribution < 1.29 is 69.6 Å². The minimum atomic E-state index is -0.969. The molecule has 6 N–H and O–H groups in total. The molecular weight excluding hydrogens is 541 g/mol. The van der Waals surface area contributed by atoms with Crippen LogP contribution in [-0.2, 0) is 14.4 Å². The van der Waals surface area contributed by atoms with Crippen LogP contribution < -0.4 is 11.1 Å². The molecule has 1 aliphatic heterocycles. The zero-order chi connectivity index (χ0) is 21.6. The van der Waals surface area contributed by atoms with Crippen molar-refractivity contribution in [2.24, 2.45) is 5.73 Å². The first-order valence-electron chi connectivity index (χ1n) is 9.75. The van der Waals surface area contributed by atoms with Gasteiger partial charge in [-0.25, -0.2) is 0 Å². The summed E-state index contributed by atoms with van der Waals surface area (Å²) in [6.45, 7) is 5.18. The third-order valence-electron chi connectivity index (χ3n) is 4.66. The van der Waals surface area contributed by atoms with Crippen molar-refractivity contribution in [2.75, 3.05) is 91.8 Å². The molecule has 0 atom stereocenters. The summed E-state index contributed by atoms with van der Waals surface area (Å²) in [5, 5.41) is 30.7. The molecule has 176 valence electrons. The Morgan fingerprint density at radius 1 is 0.667 bits per heavy atom. The second-order valence-corrected chi connectivity index (χ2v) is 7.07. The molecule has 0 amide bonds. The fourth-order valence-electron chi connectivity index (χ4n) is 3.12. The summed E-state index contributed by atoms with van der Waals surface area (Å²) in [7, 11) is 0. The second-order valence-electron chi connectivity index (χ2n) is 7.07. The van der Waals surface area contributed by atoms with Crippen LogP contribution in [-0.4, -0.2) is 145 Å². The molecule has 0 spiro atoms. The van der Waals surface area contributed by atoms with Gasteiger partial charge in [0.25, 0.3) is 0 Å². The molecule has 13 heteroatoms. The van der Waals surface area contributed by atoms with Crippen molar-refractivity contribution in [1.29, 1.82) is 0 Å². The summed E-state index contributed by atoms with van der Waals surface area (Å²) in [6.07, 6.45) is 0. The van der Waals surface area contributed by atoms with Crippen molar-refractivity contribution in [3.63, 3.8) is 0 Å². The van der Waals surface area contributed by atoms with Gasteiger partial charge in [0.1, 0.15) is 0 Å². The number of carbonyl (C=O) groups is 3. The minimum absolute atomic E-state index is 0. The minimum Gasteiger partial charge on any atom is -0.480 e. The van der Waals surface area contributed by atoms with Crippen molar-refractivity contribution >= 4 is 17.9 Å². The maximum Gasteiger partial charge on any atom is 0.317 e. The maximum absolute atomic E-state index is 11.2. The van der Waals surface area contributed by atoms with E-state index in [-0.39, 0.29) is 59.6 Å². The summed E-state index contributed by atoms with van der Waals surface area (Å²) >= 11 is 0. The fraction of sp³-hybridized carbons (Fsp3) is 0.824. The van der Waals surface area contributed by atoms with E-state index in [0.717, 1.165) is 0 Å². The molecule has 1 fully saturated rings. The molecular formula is C17H34GdN6O6. The Labute approximate surface area is 209 Å². The zero-order valence-electron chi connectivity index (χ0n) is 17.2. The molecule has 0 radical (unpaired) electrons. The van der Waals surface area contributed by atoms with Crippen LogP contribution in [0.15, 0.2) is 0 Å². The number of nitrogens with one attached hydrogen (secondary N) is 1. The van der Waals surface area contributed by atoms with Gasteiger partial charge in [0.15, 0.2) is 0 Å². The van der Waals surface area contributed by atoms with Gasteiger partial charge in [-0.3, -0.25) is 34.0 Å². The molecule has 1 heterocycles. The summed E-state index contributed by atoms with van der Waals surface area (Å²) in [5.74, 6) is -2.83. The number of aliphatic carboxylic acids is 3. The van der Waals surface area contributed by atoms with Gasteiger partial charge in [-0.05, 0) is 0 Å². The second kappa shape index (κ2) is 17.1. The third-order valence-corrected chi connectivity index (χ3v) is 4.66. The van der Waals surface area contributed by atoms with E-state index in [1.807, 2.05) is 0 Å². The van der Waals surface area contributed by atoms with E-state index in [9.17, 15) is 24.6 Å². The van der Waals surface area contributed by atoms with Crippen molar-refractivity contribution in [2.45, 2.75) is 0 Å². The van der Waals surface area contributed by atoms with Gasteiger partial charge in [0.2, 0.25) is 0 Å². The predicted octanol–water partition coefficient (Wildman–Crippen LogP) is -3.03. The van der Waals surface area contributed by atoms with Crippen molar-refractivity contribution in [1.82, 2.24) is 24.9 Å². The molecule has 30 heavy (non-hydrogen) atoms. The van der Waals surface area contributed by atoms with E-state index in [0.29, 0.717) is 72.1 Å². The fourth-order valence-corrected chi connectivity index (χ4v) is 3.12. The van der Waals surface area contributed by atoms with Crippen LogP contribution in [0.5, 0.6) is 0 Å². The number of hydrogen-bond acceptors (Lipinski definition) is 9. The van der Waals surface area contributed by atoms with Gasteiger partial charge in [0, 0.05) is 112 Å². The van der Waals surface area contributed by atoms with Crippen LogP contribution in [0.25, 0.3) is 0 Å². The zero-order valence-corrected chi connectivity index (χ0v) is 19.5. The molecule has 1 saturated heterocycles. The third kappa shape index (κ3) is 14.5. The first kappa shape index (κ1) is 29.5. The largest absolute Gasteiger partial charge is 0.480 e. The van der Waals surface area contributed by atoms with E-state index >= 15 is 0 Å². The van der Waals surface area contributed by atoms with E-state index in [2.05, 4.69) is 10.2 Å². The molecule has 0 aromatic rings. The first-order chi connectivity index (χ1) is 13.8. The first-order valence-corrected chi connectivity index (χ1v) is 9.75. The van der Waals surface area contributed by atoms with Gasteiger partial charge in [-0.2, -0.15) is 0 Å². The number of hydrogen-bond donors (Lipinski definition) is 5. The average Bonchev–Trinajstić information content (AvgIpc) is 2.62. The molecule has 1 aliphatic rings. The molecule has 0 saturated carbocycles. The van der Waals surface area contributed by atoms with Crippen LogP contribution >= 0.6 is 0 Å². The smallest absolute Gasteiger partial charge is 0.317 e. The monoisotopic (exact) mass is 576 g/mol. The number of carboxylic acids is 3. The van der Waals surface area contributed by atoms with Crippen LogP contribution in [0.3, 0.4) is 0 Å². The molecule has 1 rings (SSSR count). The number of nitrogens with zero attached hydrogens (tertiary/aromatic N) is 4. The molecule has 12 nitrogen and oxygen atoms in total. The van der Waals surface area contributed by atoms with E-state index < -0.39 is 17.9 Å². The molecule has 0 aromatic heterocycles. The van der Waals surface area contributed by atoms with E-state index in [1.165, 1.54) is 0 Å². The molecule has 0 aliphatic carbocycles. The quantitative estimate of drug-likeness (QED) is 0.168. The number of carboxylic acid groups (broad SMARTS) is 3. The SMILES string of the molecule is NCCNCN1CCN(CC(=O)O)CCN(CC(=O)O)CCN(CC(=O)O)CC1.[Gd]. The van der Waals surface area contributed by atoms with Crippen LogP contribution in [0.2, 0.25) is 0 Å². The summed E-state index contributed by atoms with van der Waals surface area (Å²) in [5.41, 5.74) is 5.51. The average molecular weight is 576 g/mol. The number of nitrogens with two attached hydrogens (primary N) is 1. The Kier molecular flexibility index (Phi) is 16.8. The molecule has 0 aromatic carbocycles. The van der Waals surface area contributed by atoms with Crippen molar-refractivity contribution in [3.05, 3.63) is 0 Å². The summed E-state index contributed by atoms with van der Waals surface area (Å²) < 4.78 is 0. The van der Waals surface area contributed by atoms with Crippen molar-refractivity contribution in [3.8, 4) is 0 Å². The van der Waals surface area contributed by atoms with Crippen LogP contribution in [0, 0.1) is 39.9 Å². The van der Waals surface area contributed by atoms with E-state index in [1.54, 1.807) is 14.7 Å². The Balaban J connectivity index is 0.00000841. The van der Waals surface area contributed by atoms with Gasteiger partial charge in [-0.1, -0.05) is 0 Å². The van der Waals surface area contributed by atoms with E-state index in [4.69, 9.17) is 10.8 Å². The Morgan fingerprint density at radius 2 is 0.967 bits per heavy atom. The normalized spacial score (nSPS) is 18.7. The Bertz CT molecular complexity index is 497. The van der Waals surface area contributed by atoms with Crippen LogP contribution in [0.4, 0.5) is 0 Å². The predicted molar refractivity (Wildman–Crippen MR) is 106 cm³/mol. The van der Waals surface area contributed by atoms with Gasteiger partial charge >= 0.3 is 17.9 Å².